The Hall–Kier alpha value is -1.84. The molecule has 0 aliphatic rings. The molecule has 0 aromatic rings. The highest BCUT2D eigenvalue weighted by molar-refractivity contribution is 7.86. The average Bonchev–Trinajstić information content (AvgIpc) is 2.63. The Kier molecular flexibility index (Phi) is 9.94. The summed E-state index contributed by atoms with van der Waals surface area (Å²) in [5.41, 5.74) is -5.53. The van der Waals surface area contributed by atoms with Crippen molar-refractivity contribution in [1.82, 2.24) is 0 Å². The zero-order chi connectivity index (χ0) is 34.0. The molecule has 3 nitrogen and oxygen atoms in total. The molecule has 0 aliphatic carbocycles. The third-order valence-electron chi connectivity index (χ3n) is 3.76. The minimum atomic E-state index is -9.24. The minimum Gasteiger partial charge on any atom is -0.279 e. The van der Waals surface area contributed by atoms with Gasteiger partial charge in [0.25, 0.3) is 0 Å². The van der Waals surface area contributed by atoms with Crippen LogP contribution in [0.1, 0.15) is 0 Å². The van der Waals surface area contributed by atoms with Crippen molar-refractivity contribution >= 4 is 10.1 Å². The fraction of sp³-hybridized carbons (Fsp3) is 1.00. The predicted octanol–water partition coefficient (Wildman–Crippen LogP) is 7.59. The van der Waals surface area contributed by atoms with E-state index in [-0.39, 0.29) is 0 Å². The second-order valence-corrected chi connectivity index (χ2v) is 7.92. The lowest BCUT2D eigenvalue weighted by Crippen LogP contribution is -2.76. The zero-order valence-corrected chi connectivity index (χ0v) is 17.4. The lowest BCUT2D eigenvalue weighted by molar-refractivity contribution is -0.478. The summed E-state index contributed by atoms with van der Waals surface area (Å²) in [5, 5.41) is 0. The van der Waals surface area contributed by atoms with E-state index < -0.39 is 75.4 Å². The van der Waals surface area contributed by atoms with Crippen LogP contribution >= 0.6 is 0 Å². The Balaban J connectivity index is 0. The molecule has 0 radical (unpaired) electrons. The highest BCUT2D eigenvalue weighted by Crippen LogP contribution is 2.66. The average molecular weight is 688 g/mol. The summed E-state index contributed by atoms with van der Waals surface area (Å²) in [4.78, 5) is 0. The maximum atomic E-state index is 13.1. The molecule has 244 valence electrons. The lowest BCUT2D eigenvalue weighted by atomic mass is 9.87. The normalized spacial score (nSPS) is 16.4. The molecule has 0 fully saturated rings. The largest absolute Gasteiger partial charge is 0.522 e. The van der Waals surface area contributed by atoms with Crippen LogP contribution in [-0.2, 0) is 10.1 Å². The molecule has 29 heteroatoms. The number of alkyl halides is 25. The molecular weight excluding hydrogens is 687 g/mol. The summed E-state index contributed by atoms with van der Waals surface area (Å²) in [6.45, 7) is 0. The van der Waals surface area contributed by atoms with E-state index in [0.717, 1.165) is 0 Å². The first-order valence-electron chi connectivity index (χ1n) is 7.69. The molecule has 0 bridgehead atoms. The van der Waals surface area contributed by atoms with Crippen molar-refractivity contribution in [3.05, 3.63) is 0 Å². The maximum Gasteiger partial charge on any atom is 0.522 e. The number of rotatable bonds is 7. The highest BCUT2D eigenvalue weighted by Gasteiger charge is 2.98. The van der Waals surface area contributed by atoms with Crippen LogP contribution in [0.25, 0.3) is 0 Å². The molecule has 0 saturated carbocycles. The smallest absolute Gasteiger partial charge is 0.279 e. The molecule has 1 N–H and O–H groups in total. The van der Waals surface area contributed by atoms with Gasteiger partial charge in [0, 0.05) is 0 Å². The molecule has 0 rings (SSSR count). The third-order valence-corrected chi connectivity index (χ3v) is 4.35. The molecular formula is C11HF25O3S. The SMILES string of the molecule is FC(F)(F)C(F)(F)C(F)(F)C(F)(F)C(F)(F)C(F)(F)C(F)(F)C(F)(F)C(F)(F)C(F)(F)F.O=S(=O)(O)C(F)(F)F. The van der Waals surface area contributed by atoms with Gasteiger partial charge >= 0.3 is 75.4 Å². The quantitative estimate of drug-likeness (QED) is 0.171. The van der Waals surface area contributed by atoms with E-state index in [0.29, 0.717) is 0 Å². The van der Waals surface area contributed by atoms with Gasteiger partial charge in [-0.15, -0.1) is 0 Å². The molecule has 0 saturated heterocycles. The molecule has 0 aromatic heterocycles. The molecule has 0 spiro atoms. The fourth-order valence-corrected chi connectivity index (χ4v) is 1.54. The van der Waals surface area contributed by atoms with Crippen molar-refractivity contribution < 1.29 is 123 Å². The third kappa shape index (κ3) is 5.75. The molecule has 0 unspecified atom stereocenters. The second-order valence-electron chi connectivity index (χ2n) is 6.51. The van der Waals surface area contributed by atoms with Crippen LogP contribution in [0.15, 0.2) is 0 Å². The van der Waals surface area contributed by atoms with Crippen molar-refractivity contribution in [2.24, 2.45) is 0 Å². The Morgan fingerprint density at radius 1 is 0.300 bits per heavy atom. The van der Waals surface area contributed by atoms with Gasteiger partial charge in [-0.3, -0.25) is 4.55 Å². The van der Waals surface area contributed by atoms with E-state index in [2.05, 4.69) is 0 Å². The van der Waals surface area contributed by atoms with Crippen LogP contribution in [0.3, 0.4) is 0 Å². The Morgan fingerprint density at radius 3 is 0.475 bits per heavy atom. The summed E-state index contributed by atoms with van der Waals surface area (Å²) in [6.07, 6.45) is -16.1. The first-order chi connectivity index (χ1) is 16.5. The monoisotopic (exact) mass is 688 g/mol. The number of halogens is 25. The molecule has 0 aromatic carbocycles. The van der Waals surface area contributed by atoms with Crippen LogP contribution in [0, 0.1) is 0 Å². The summed E-state index contributed by atoms with van der Waals surface area (Å²) in [7, 11) is -5.84. The van der Waals surface area contributed by atoms with Crippen molar-refractivity contribution in [2.45, 2.75) is 65.2 Å². The van der Waals surface area contributed by atoms with Gasteiger partial charge in [-0.2, -0.15) is 118 Å². The van der Waals surface area contributed by atoms with Gasteiger partial charge in [0.1, 0.15) is 0 Å². The van der Waals surface area contributed by atoms with Crippen molar-refractivity contribution in [2.75, 3.05) is 0 Å². The van der Waals surface area contributed by atoms with Crippen molar-refractivity contribution in [3.63, 3.8) is 0 Å². The number of hydrogen-bond acceptors (Lipinski definition) is 2. The summed E-state index contributed by atoms with van der Waals surface area (Å²) >= 11 is 0. The van der Waals surface area contributed by atoms with Gasteiger partial charge in [0.05, 0.1) is 0 Å². The Morgan fingerprint density at radius 2 is 0.400 bits per heavy atom. The second kappa shape index (κ2) is 9.87. The van der Waals surface area contributed by atoms with Gasteiger partial charge in [0.15, 0.2) is 0 Å². The van der Waals surface area contributed by atoms with Crippen LogP contribution in [0.5, 0.6) is 0 Å². The van der Waals surface area contributed by atoms with Crippen LogP contribution in [-0.4, -0.2) is 78.2 Å². The molecule has 0 atom stereocenters. The standard InChI is InChI=1S/C10F22.CHF3O3S/c11-1(12,3(15,16)5(19,20)7(23,24)9(27,28)29)2(13,14)4(17,18)6(21,22)8(25,26)10(30,31)32;2-1(3,4)8(5,6)7/h;(H,5,6,7). The van der Waals surface area contributed by atoms with E-state index in [1.165, 1.54) is 0 Å². The van der Waals surface area contributed by atoms with Gasteiger partial charge in [0.2, 0.25) is 0 Å². The maximum absolute atomic E-state index is 13.1. The molecule has 0 aliphatic heterocycles. The van der Waals surface area contributed by atoms with Crippen LogP contribution in [0.2, 0.25) is 0 Å². The zero-order valence-electron chi connectivity index (χ0n) is 16.6. The summed E-state index contributed by atoms with van der Waals surface area (Å²) in [6, 6.07) is 0. The predicted molar refractivity (Wildman–Crippen MR) is 69.3 cm³/mol. The van der Waals surface area contributed by atoms with Crippen LogP contribution < -0.4 is 0 Å². The van der Waals surface area contributed by atoms with E-state index in [4.69, 9.17) is 13.0 Å². The van der Waals surface area contributed by atoms with Gasteiger partial charge in [-0.1, -0.05) is 0 Å². The summed E-state index contributed by atoms with van der Waals surface area (Å²) < 4.78 is 334. The van der Waals surface area contributed by atoms with E-state index >= 15 is 0 Å². The fourth-order valence-electron chi connectivity index (χ4n) is 1.54. The molecule has 0 heterocycles. The molecule has 0 amide bonds. The van der Waals surface area contributed by atoms with Crippen molar-refractivity contribution in [1.29, 1.82) is 0 Å². The van der Waals surface area contributed by atoms with Gasteiger partial charge < -0.3 is 0 Å². The molecule has 40 heavy (non-hydrogen) atoms. The van der Waals surface area contributed by atoms with E-state index in [1.54, 1.807) is 0 Å². The van der Waals surface area contributed by atoms with E-state index in [9.17, 15) is 110 Å². The topological polar surface area (TPSA) is 54.4 Å². The van der Waals surface area contributed by atoms with Crippen molar-refractivity contribution in [3.8, 4) is 0 Å². The minimum absolute atomic E-state index is 5.53. The van der Waals surface area contributed by atoms with Gasteiger partial charge in [-0.05, 0) is 0 Å². The first kappa shape index (κ1) is 40.3. The van der Waals surface area contributed by atoms with Crippen LogP contribution in [0.4, 0.5) is 110 Å². The van der Waals surface area contributed by atoms with E-state index in [1.807, 2.05) is 0 Å². The lowest BCUT2D eigenvalue weighted by Gasteiger charge is -2.43. The first-order valence-corrected chi connectivity index (χ1v) is 9.13. The number of hydrogen-bond donors (Lipinski definition) is 1. The highest BCUT2D eigenvalue weighted by atomic mass is 32.2. The van der Waals surface area contributed by atoms with Gasteiger partial charge in [-0.25, -0.2) is 0 Å². The Bertz CT molecular complexity index is 934. The summed E-state index contributed by atoms with van der Waals surface area (Å²) in [5.74, 6) is -71.5. The Labute approximate surface area is 199 Å².